The number of hydrogen-bond acceptors (Lipinski definition) is 5. The monoisotopic (exact) mass is 396 g/mol. The summed E-state index contributed by atoms with van der Waals surface area (Å²) < 4.78 is 15.9. The molecule has 2 amide bonds. The molecular formula is C22H24N2O5. The van der Waals surface area contributed by atoms with Gasteiger partial charge in [-0.3, -0.25) is 9.59 Å². The van der Waals surface area contributed by atoms with Crippen molar-refractivity contribution in [3.05, 3.63) is 54.1 Å². The molecule has 2 aromatic rings. The molecule has 152 valence electrons. The second-order valence-corrected chi connectivity index (χ2v) is 7.18. The van der Waals surface area contributed by atoms with Crippen LogP contribution in [-0.4, -0.2) is 50.3 Å². The van der Waals surface area contributed by atoms with Crippen molar-refractivity contribution in [2.24, 2.45) is 5.92 Å². The summed E-state index contributed by atoms with van der Waals surface area (Å²) in [7, 11) is 1.62. The fraction of sp³-hybridized carbons (Fsp3) is 0.364. The van der Waals surface area contributed by atoms with Gasteiger partial charge in [0.05, 0.1) is 12.5 Å². The molecule has 7 heteroatoms. The van der Waals surface area contributed by atoms with Crippen molar-refractivity contribution < 1.29 is 23.8 Å². The number of nitrogens with zero attached hydrogens (tertiary/aromatic N) is 2. The number of benzene rings is 2. The Hall–Kier alpha value is -3.06. The van der Waals surface area contributed by atoms with Crippen LogP contribution in [0.5, 0.6) is 11.5 Å². The van der Waals surface area contributed by atoms with Crippen molar-refractivity contribution in [1.29, 1.82) is 0 Å². The Morgan fingerprint density at radius 3 is 2.76 bits per heavy atom. The number of rotatable bonds is 7. The Balaban J connectivity index is 1.47. The van der Waals surface area contributed by atoms with E-state index in [-0.39, 0.29) is 30.9 Å². The maximum Gasteiger partial charge on any atom is 0.231 e. The number of fused-ring (bicyclic) bond motifs is 1. The van der Waals surface area contributed by atoms with Crippen molar-refractivity contribution in [2.75, 3.05) is 38.5 Å². The summed E-state index contributed by atoms with van der Waals surface area (Å²) >= 11 is 0. The summed E-state index contributed by atoms with van der Waals surface area (Å²) in [6.45, 7) is 1.97. The standard InChI is InChI=1S/C22H24N2O5/c1-27-10-9-23(13-16-5-3-2-4-6-16)22(26)17-11-21(25)24(14-17)18-7-8-19-20(12-18)29-15-28-19/h2-8,12,17H,9-11,13-15H2,1H3. The van der Waals surface area contributed by atoms with Gasteiger partial charge in [0, 0.05) is 44.9 Å². The van der Waals surface area contributed by atoms with E-state index in [9.17, 15) is 9.59 Å². The van der Waals surface area contributed by atoms with Gasteiger partial charge in [-0.05, 0) is 17.7 Å². The zero-order valence-electron chi connectivity index (χ0n) is 16.4. The first kappa shape index (κ1) is 19.3. The van der Waals surface area contributed by atoms with Gasteiger partial charge < -0.3 is 24.0 Å². The lowest BCUT2D eigenvalue weighted by Crippen LogP contribution is -2.39. The second-order valence-electron chi connectivity index (χ2n) is 7.18. The zero-order valence-corrected chi connectivity index (χ0v) is 16.4. The minimum atomic E-state index is -0.381. The number of hydrogen-bond donors (Lipinski definition) is 0. The van der Waals surface area contributed by atoms with Crippen molar-refractivity contribution in [2.45, 2.75) is 13.0 Å². The Labute approximate surface area is 169 Å². The minimum absolute atomic E-state index is 0.0255. The normalized spacial score (nSPS) is 17.6. The summed E-state index contributed by atoms with van der Waals surface area (Å²) in [5, 5.41) is 0. The largest absolute Gasteiger partial charge is 0.454 e. The number of ether oxygens (including phenoxy) is 3. The quantitative estimate of drug-likeness (QED) is 0.719. The molecular weight excluding hydrogens is 372 g/mol. The molecule has 1 fully saturated rings. The first-order valence-corrected chi connectivity index (χ1v) is 9.67. The van der Waals surface area contributed by atoms with Crippen LogP contribution in [0.2, 0.25) is 0 Å². The number of anilines is 1. The van der Waals surface area contributed by atoms with Crippen LogP contribution in [0, 0.1) is 5.92 Å². The Morgan fingerprint density at radius 2 is 1.97 bits per heavy atom. The predicted octanol–water partition coefficient (Wildman–Crippen LogP) is 2.44. The molecule has 0 saturated carbocycles. The van der Waals surface area contributed by atoms with E-state index in [1.54, 1.807) is 29.0 Å². The van der Waals surface area contributed by atoms with E-state index in [0.717, 1.165) is 11.3 Å². The molecule has 0 bridgehead atoms. The summed E-state index contributed by atoms with van der Waals surface area (Å²) in [6.07, 6.45) is 0.200. The fourth-order valence-corrected chi connectivity index (χ4v) is 3.71. The van der Waals surface area contributed by atoms with E-state index >= 15 is 0 Å². The van der Waals surface area contributed by atoms with E-state index in [4.69, 9.17) is 14.2 Å². The van der Waals surface area contributed by atoms with Gasteiger partial charge in [0.25, 0.3) is 0 Å². The van der Waals surface area contributed by atoms with Gasteiger partial charge in [-0.25, -0.2) is 0 Å². The SMILES string of the molecule is COCCN(Cc1ccccc1)C(=O)C1CC(=O)N(c2ccc3c(c2)OCO3)C1. The molecule has 4 rings (SSSR count). The lowest BCUT2D eigenvalue weighted by molar-refractivity contribution is -0.137. The molecule has 2 heterocycles. The first-order valence-electron chi connectivity index (χ1n) is 9.67. The van der Waals surface area contributed by atoms with Gasteiger partial charge in [-0.1, -0.05) is 30.3 Å². The highest BCUT2D eigenvalue weighted by Crippen LogP contribution is 2.37. The molecule has 0 N–H and O–H groups in total. The third-order valence-electron chi connectivity index (χ3n) is 5.24. The average Bonchev–Trinajstić information content (AvgIpc) is 3.37. The topological polar surface area (TPSA) is 68.3 Å². The molecule has 1 saturated heterocycles. The highest BCUT2D eigenvalue weighted by molar-refractivity contribution is 6.00. The lowest BCUT2D eigenvalue weighted by atomic mass is 10.1. The van der Waals surface area contributed by atoms with Crippen LogP contribution in [0.3, 0.4) is 0 Å². The highest BCUT2D eigenvalue weighted by atomic mass is 16.7. The van der Waals surface area contributed by atoms with Gasteiger partial charge in [-0.15, -0.1) is 0 Å². The van der Waals surface area contributed by atoms with Crippen molar-refractivity contribution >= 4 is 17.5 Å². The number of amides is 2. The van der Waals surface area contributed by atoms with E-state index in [0.29, 0.717) is 37.7 Å². The molecule has 0 radical (unpaired) electrons. The van der Waals surface area contributed by atoms with Crippen LogP contribution >= 0.6 is 0 Å². The third kappa shape index (κ3) is 4.19. The second kappa shape index (κ2) is 8.53. The van der Waals surface area contributed by atoms with Gasteiger partial charge in [-0.2, -0.15) is 0 Å². The Bertz CT molecular complexity index is 886. The number of carbonyl (C=O) groups excluding carboxylic acids is 2. The first-order chi connectivity index (χ1) is 14.2. The molecule has 2 aliphatic rings. The van der Waals surface area contributed by atoms with Gasteiger partial charge in [0.15, 0.2) is 11.5 Å². The Kier molecular flexibility index (Phi) is 5.67. The van der Waals surface area contributed by atoms with Gasteiger partial charge >= 0.3 is 0 Å². The summed E-state index contributed by atoms with van der Waals surface area (Å²) in [6, 6.07) is 15.2. The lowest BCUT2D eigenvalue weighted by Gasteiger charge is -2.25. The Morgan fingerprint density at radius 1 is 1.17 bits per heavy atom. The molecule has 1 unspecified atom stereocenters. The number of carbonyl (C=O) groups is 2. The van der Waals surface area contributed by atoms with Crippen molar-refractivity contribution in [1.82, 2.24) is 4.90 Å². The van der Waals surface area contributed by atoms with Gasteiger partial charge in [0.2, 0.25) is 18.6 Å². The molecule has 7 nitrogen and oxygen atoms in total. The van der Waals surface area contributed by atoms with Crippen LogP contribution in [0.25, 0.3) is 0 Å². The van der Waals surface area contributed by atoms with E-state index < -0.39 is 0 Å². The molecule has 2 aromatic carbocycles. The van der Waals surface area contributed by atoms with Crippen LogP contribution in [-0.2, 0) is 20.9 Å². The van der Waals surface area contributed by atoms with E-state index in [1.807, 2.05) is 36.4 Å². The summed E-state index contributed by atoms with van der Waals surface area (Å²) in [4.78, 5) is 29.3. The minimum Gasteiger partial charge on any atom is -0.454 e. The third-order valence-corrected chi connectivity index (χ3v) is 5.24. The van der Waals surface area contributed by atoms with Crippen LogP contribution in [0.4, 0.5) is 5.69 Å². The zero-order chi connectivity index (χ0) is 20.2. The maximum absolute atomic E-state index is 13.2. The van der Waals surface area contributed by atoms with Crippen molar-refractivity contribution in [3.8, 4) is 11.5 Å². The smallest absolute Gasteiger partial charge is 0.231 e. The fourth-order valence-electron chi connectivity index (χ4n) is 3.71. The molecule has 0 aliphatic carbocycles. The van der Waals surface area contributed by atoms with E-state index in [2.05, 4.69) is 0 Å². The highest BCUT2D eigenvalue weighted by Gasteiger charge is 2.37. The van der Waals surface area contributed by atoms with E-state index in [1.165, 1.54) is 0 Å². The van der Waals surface area contributed by atoms with Crippen LogP contribution < -0.4 is 14.4 Å². The van der Waals surface area contributed by atoms with Crippen LogP contribution in [0.1, 0.15) is 12.0 Å². The predicted molar refractivity (Wildman–Crippen MR) is 107 cm³/mol. The summed E-state index contributed by atoms with van der Waals surface area (Å²) in [5.74, 6) is 0.821. The van der Waals surface area contributed by atoms with Crippen molar-refractivity contribution in [3.63, 3.8) is 0 Å². The van der Waals surface area contributed by atoms with Gasteiger partial charge in [0.1, 0.15) is 0 Å². The molecule has 1 atom stereocenters. The molecule has 0 aromatic heterocycles. The average molecular weight is 396 g/mol. The molecule has 0 spiro atoms. The molecule has 2 aliphatic heterocycles. The van der Waals surface area contributed by atoms with Crippen LogP contribution in [0.15, 0.2) is 48.5 Å². The summed E-state index contributed by atoms with van der Waals surface area (Å²) in [5.41, 5.74) is 1.77. The maximum atomic E-state index is 13.2. The molecule has 29 heavy (non-hydrogen) atoms. The number of methoxy groups -OCH3 is 1.